The number of carbonyl (C=O) groups excluding carboxylic acids is 1. The van der Waals surface area contributed by atoms with E-state index in [0.29, 0.717) is 6.54 Å². The van der Waals surface area contributed by atoms with Gasteiger partial charge >= 0.3 is 0 Å². The average Bonchev–Trinajstić information content (AvgIpc) is 2.78. The van der Waals surface area contributed by atoms with Crippen LogP contribution in [0.4, 0.5) is 0 Å². The van der Waals surface area contributed by atoms with Crippen LogP contribution in [0.25, 0.3) is 0 Å². The molecule has 0 bridgehead atoms. The summed E-state index contributed by atoms with van der Waals surface area (Å²) in [5, 5.41) is 0. The number of hydrogen-bond donors (Lipinski definition) is 0. The molecule has 1 aliphatic carbocycles. The highest BCUT2D eigenvalue weighted by atomic mass is 16.2. The van der Waals surface area contributed by atoms with E-state index in [9.17, 15) is 4.79 Å². The molecule has 1 saturated carbocycles. The minimum Gasteiger partial charge on any atom is -0.331 e. The van der Waals surface area contributed by atoms with Crippen molar-refractivity contribution >= 4 is 5.91 Å². The summed E-state index contributed by atoms with van der Waals surface area (Å²) in [7, 11) is 1.74. The number of likely N-dealkylation sites (N-methyl/N-ethyl adjacent to an activating group) is 1. The monoisotopic (exact) mass is 175 g/mol. The average molecular weight is 175 g/mol. The molecule has 1 fully saturated rings. The number of allylic oxidation sites excluding steroid dienone is 2. The first kappa shape index (κ1) is 9.60. The second kappa shape index (κ2) is 3.95. The van der Waals surface area contributed by atoms with E-state index in [1.165, 1.54) is 11.1 Å². The van der Waals surface area contributed by atoms with Gasteiger partial charge in [-0.3, -0.25) is 4.79 Å². The summed E-state index contributed by atoms with van der Waals surface area (Å²) in [6.07, 6.45) is 3.03. The Labute approximate surface area is 78.9 Å². The topological polar surface area (TPSA) is 20.3 Å². The van der Waals surface area contributed by atoms with Crippen LogP contribution < -0.4 is 0 Å². The van der Waals surface area contributed by atoms with E-state index >= 15 is 0 Å². The summed E-state index contributed by atoms with van der Waals surface area (Å²) in [5.74, 6) is 4.93. The molecular weight excluding hydrogens is 162 g/mol. The molecule has 0 heterocycles. The summed E-state index contributed by atoms with van der Waals surface area (Å²) in [6.45, 7) is 6.09. The first-order valence-corrected chi connectivity index (χ1v) is 4.20. The fourth-order valence-electron chi connectivity index (χ4n) is 0.935. The van der Waals surface area contributed by atoms with Gasteiger partial charge in [0.25, 0.3) is 5.91 Å². The summed E-state index contributed by atoms with van der Waals surface area (Å²) in [4.78, 5) is 12.8. The molecule has 0 aliphatic heterocycles. The Balaban J connectivity index is 2.40. The van der Waals surface area contributed by atoms with Crippen LogP contribution in [0.15, 0.2) is 23.8 Å². The maximum absolute atomic E-state index is 11.2. The van der Waals surface area contributed by atoms with Crippen molar-refractivity contribution in [2.75, 3.05) is 13.6 Å². The number of nitrogens with zero attached hydrogens (tertiary/aromatic N) is 1. The maximum Gasteiger partial charge on any atom is 0.298 e. The quantitative estimate of drug-likeness (QED) is 0.580. The predicted octanol–water partition coefficient (Wildman–Crippen LogP) is 1.35. The molecule has 0 aromatic carbocycles. The molecule has 2 nitrogen and oxygen atoms in total. The summed E-state index contributed by atoms with van der Waals surface area (Å²) in [6, 6.07) is 0. The first-order valence-electron chi connectivity index (χ1n) is 4.20. The lowest BCUT2D eigenvalue weighted by atomic mass is 10.4. The lowest BCUT2D eigenvalue weighted by molar-refractivity contribution is -0.123. The predicted molar refractivity (Wildman–Crippen MR) is 52.9 cm³/mol. The lowest BCUT2D eigenvalue weighted by Gasteiger charge is -2.09. The van der Waals surface area contributed by atoms with Crippen LogP contribution in [0.3, 0.4) is 0 Å². The normalized spacial score (nSPS) is 16.5. The molecule has 0 radical (unpaired) electrons. The third-order valence-electron chi connectivity index (χ3n) is 1.92. The molecule has 0 spiro atoms. The molecule has 13 heavy (non-hydrogen) atoms. The van der Waals surface area contributed by atoms with Gasteiger partial charge in [0.1, 0.15) is 0 Å². The molecule has 0 saturated heterocycles. The molecule has 0 atom stereocenters. The van der Waals surface area contributed by atoms with Crippen LogP contribution in [0, 0.1) is 11.8 Å². The van der Waals surface area contributed by atoms with Gasteiger partial charge < -0.3 is 4.90 Å². The van der Waals surface area contributed by atoms with Crippen LogP contribution in [0.1, 0.15) is 13.3 Å². The zero-order valence-electron chi connectivity index (χ0n) is 8.05. The molecule has 0 aromatic rings. The second-order valence-corrected chi connectivity index (χ2v) is 3.07. The lowest BCUT2D eigenvalue weighted by Crippen LogP contribution is -2.25. The van der Waals surface area contributed by atoms with Crippen LogP contribution in [0.2, 0.25) is 0 Å². The van der Waals surface area contributed by atoms with E-state index in [1.54, 1.807) is 18.9 Å². The fraction of sp³-hybridized carbons (Fsp3) is 0.364. The molecule has 2 heteroatoms. The molecule has 0 aromatic heterocycles. The van der Waals surface area contributed by atoms with Crippen molar-refractivity contribution in [3.63, 3.8) is 0 Å². The van der Waals surface area contributed by atoms with E-state index in [-0.39, 0.29) is 5.91 Å². The Kier molecular flexibility index (Phi) is 2.92. The smallest absolute Gasteiger partial charge is 0.298 e. The van der Waals surface area contributed by atoms with Crippen molar-refractivity contribution in [2.24, 2.45) is 0 Å². The highest BCUT2D eigenvalue weighted by Crippen LogP contribution is 2.34. The first-order chi connectivity index (χ1) is 6.15. The van der Waals surface area contributed by atoms with Gasteiger partial charge in [-0.2, -0.15) is 0 Å². The van der Waals surface area contributed by atoms with E-state index in [0.717, 1.165) is 6.42 Å². The maximum atomic E-state index is 11.2. The Morgan fingerprint density at radius 1 is 1.77 bits per heavy atom. The van der Waals surface area contributed by atoms with Crippen LogP contribution >= 0.6 is 0 Å². The molecular formula is C11H13NO. The van der Waals surface area contributed by atoms with Crippen LogP contribution in [-0.4, -0.2) is 24.4 Å². The largest absolute Gasteiger partial charge is 0.331 e. The summed E-state index contributed by atoms with van der Waals surface area (Å²) >= 11 is 0. The Bertz CT molecular complexity index is 328. The Hall–Kier alpha value is -1.49. The Morgan fingerprint density at radius 2 is 2.38 bits per heavy atom. The standard InChI is InChI=1S/C11H13NO/c1-4-5-11(13)12(3)7-6-10-8-9(10)2/h6H,2,7-8H2,1,3H3/b10-6+. The van der Waals surface area contributed by atoms with E-state index in [4.69, 9.17) is 0 Å². The van der Waals surface area contributed by atoms with Crippen LogP contribution in [-0.2, 0) is 4.79 Å². The van der Waals surface area contributed by atoms with Crippen molar-refractivity contribution in [1.29, 1.82) is 0 Å². The molecule has 0 N–H and O–H groups in total. The number of hydrogen-bond acceptors (Lipinski definition) is 1. The van der Waals surface area contributed by atoms with Crippen molar-refractivity contribution in [1.82, 2.24) is 4.90 Å². The zero-order valence-corrected chi connectivity index (χ0v) is 8.05. The van der Waals surface area contributed by atoms with Gasteiger partial charge in [0.05, 0.1) is 0 Å². The third kappa shape index (κ3) is 2.79. The zero-order chi connectivity index (χ0) is 9.84. The third-order valence-corrected chi connectivity index (χ3v) is 1.92. The highest BCUT2D eigenvalue weighted by molar-refractivity contribution is 5.93. The summed E-state index contributed by atoms with van der Waals surface area (Å²) in [5.41, 5.74) is 2.45. The number of rotatable bonds is 2. The fourth-order valence-corrected chi connectivity index (χ4v) is 0.935. The number of amides is 1. The van der Waals surface area contributed by atoms with Crippen molar-refractivity contribution in [3.05, 3.63) is 23.8 Å². The minimum atomic E-state index is -0.134. The van der Waals surface area contributed by atoms with E-state index < -0.39 is 0 Å². The van der Waals surface area contributed by atoms with Crippen molar-refractivity contribution < 1.29 is 4.79 Å². The van der Waals surface area contributed by atoms with Gasteiger partial charge in [-0.25, -0.2) is 0 Å². The highest BCUT2D eigenvalue weighted by Gasteiger charge is 2.17. The Morgan fingerprint density at radius 3 is 2.85 bits per heavy atom. The van der Waals surface area contributed by atoms with Gasteiger partial charge in [-0.15, -0.1) is 0 Å². The van der Waals surface area contributed by atoms with E-state index in [2.05, 4.69) is 18.4 Å². The molecule has 1 aliphatic rings. The molecule has 1 amide bonds. The van der Waals surface area contributed by atoms with E-state index in [1.807, 2.05) is 6.08 Å². The van der Waals surface area contributed by atoms with Crippen LogP contribution in [0.5, 0.6) is 0 Å². The molecule has 0 unspecified atom stereocenters. The minimum absolute atomic E-state index is 0.134. The van der Waals surface area contributed by atoms with Gasteiger partial charge in [-0.1, -0.05) is 18.6 Å². The van der Waals surface area contributed by atoms with Crippen molar-refractivity contribution in [2.45, 2.75) is 13.3 Å². The molecule has 1 rings (SSSR count). The molecule has 68 valence electrons. The summed E-state index contributed by atoms with van der Waals surface area (Å²) < 4.78 is 0. The second-order valence-electron chi connectivity index (χ2n) is 3.07. The van der Waals surface area contributed by atoms with Crippen molar-refractivity contribution in [3.8, 4) is 11.8 Å². The van der Waals surface area contributed by atoms with Gasteiger partial charge in [0.15, 0.2) is 0 Å². The van der Waals surface area contributed by atoms with Gasteiger partial charge in [0.2, 0.25) is 0 Å². The van der Waals surface area contributed by atoms with Gasteiger partial charge in [-0.05, 0) is 30.4 Å². The number of carbonyl (C=O) groups is 1. The SMILES string of the molecule is C=C1C/C1=C\CN(C)C(=O)C#CC. The van der Waals surface area contributed by atoms with Gasteiger partial charge in [0, 0.05) is 13.6 Å².